The standard InChI is InChI=1S/C26H24ClN3O2/c1-26(2)18-12-16(31-14-24-28-21-9-7-15(27)11-22(21)29-24)8-10-20(18)30-25-17-5-3-4-6-23(17)32-13-19(25)26/h3-12,19,25,30H,13-14H2,1-2H3,(H,28,29)/t19-,25+/m0/s1. The number of rotatable bonds is 3. The van der Waals surface area contributed by atoms with E-state index in [0.717, 1.165) is 34.0 Å². The molecule has 0 aliphatic carbocycles. The molecule has 32 heavy (non-hydrogen) atoms. The van der Waals surface area contributed by atoms with Crippen molar-refractivity contribution < 1.29 is 9.47 Å². The third-order valence-corrected chi connectivity index (χ3v) is 7.10. The Kier molecular flexibility index (Phi) is 4.37. The molecule has 0 saturated heterocycles. The van der Waals surface area contributed by atoms with Gasteiger partial charge in [0.25, 0.3) is 0 Å². The van der Waals surface area contributed by atoms with E-state index in [0.29, 0.717) is 24.2 Å². The van der Waals surface area contributed by atoms with Gasteiger partial charge in [0.15, 0.2) is 0 Å². The first-order valence-electron chi connectivity index (χ1n) is 10.9. The Morgan fingerprint density at radius 3 is 2.91 bits per heavy atom. The van der Waals surface area contributed by atoms with Crippen molar-refractivity contribution in [1.82, 2.24) is 9.97 Å². The number of nitrogens with one attached hydrogen (secondary N) is 2. The first kappa shape index (κ1) is 19.5. The monoisotopic (exact) mass is 445 g/mol. The fourth-order valence-electron chi connectivity index (χ4n) is 5.06. The lowest BCUT2D eigenvalue weighted by Crippen LogP contribution is -2.46. The molecule has 2 aliphatic heterocycles. The second-order valence-electron chi connectivity index (χ2n) is 9.14. The summed E-state index contributed by atoms with van der Waals surface area (Å²) in [6, 6.07) is 20.5. The van der Waals surface area contributed by atoms with Crippen LogP contribution < -0.4 is 14.8 Å². The lowest BCUT2D eigenvalue weighted by molar-refractivity contribution is 0.135. The second kappa shape index (κ2) is 7.17. The van der Waals surface area contributed by atoms with Crippen LogP contribution in [0.15, 0.2) is 60.7 Å². The van der Waals surface area contributed by atoms with E-state index in [2.05, 4.69) is 59.5 Å². The largest absolute Gasteiger partial charge is 0.493 e. The first-order chi connectivity index (χ1) is 15.5. The molecule has 0 unspecified atom stereocenters. The minimum Gasteiger partial charge on any atom is -0.493 e. The van der Waals surface area contributed by atoms with Crippen molar-refractivity contribution in [3.05, 3.63) is 82.6 Å². The summed E-state index contributed by atoms with van der Waals surface area (Å²) in [5.41, 5.74) is 5.35. The van der Waals surface area contributed by atoms with E-state index >= 15 is 0 Å². The van der Waals surface area contributed by atoms with Crippen LogP contribution in [0.25, 0.3) is 11.0 Å². The van der Waals surface area contributed by atoms with Crippen molar-refractivity contribution in [2.24, 2.45) is 5.92 Å². The molecule has 6 heteroatoms. The maximum absolute atomic E-state index is 6.12. The molecule has 0 radical (unpaired) electrons. The number of fused-ring (bicyclic) bond motifs is 5. The van der Waals surface area contributed by atoms with Crippen LogP contribution in [-0.2, 0) is 12.0 Å². The number of halogens is 1. The fourth-order valence-corrected chi connectivity index (χ4v) is 5.23. The zero-order chi connectivity index (χ0) is 21.9. The molecule has 0 spiro atoms. The van der Waals surface area contributed by atoms with E-state index in [1.165, 1.54) is 11.1 Å². The predicted molar refractivity (Wildman–Crippen MR) is 127 cm³/mol. The normalized spacial score (nSPS) is 20.5. The number of nitrogens with zero attached hydrogens (tertiary/aromatic N) is 1. The van der Waals surface area contributed by atoms with Crippen molar-refractivity contribution in [3.63, 3.8) is 0 Å². The second-order valence-corrected chi connectivity index (χ2v) is 9.58. The Labute approximate surface area is 191 Å². The topological polar surface area (TPSA) is 59.2 Å². The highest BCUT2D eigenvalue weighted by Crippen LogP contribution is 2.52. The van der Waals surface area contributed by atoms with Crippen LogP contribution in [-0.4, -0.2) is 16.6 Å². The average Bonchev–Trinajstić information content (AvgIpc) is 3.20. The van der Waals surface area contributed by atoms with Gasteiger partial charge in [0.2, 0.25) is 0 Å². The fraction of sp³-hybridized carbons (Fsp3) is 0.269. The van der Waals surface area contributed by atoms with Crippen LogP contribution in [0.5, 0.6) is 11.5 Å². The van der Waals surface area contributed by atoms with E-state index in [4.69, 9.17) is 21.1 Å². The summed E-state index contributed by atoms with van der Waals surface area (Å²) in [7, 11) is 0. The molecule has 0 fully saturated rings. The Morgan fingerprint density at radius 2 is 2.00 bits per heavy atom. The maximum atomic E-state index is 6.12. The molecule has 0 saturated carbocycles. The van der Waals surface area contributed by atoms with Crippen molar-refractivity contribution >= 4 is 28.3 Å². The average molecular weight is 446 g/mol. The SMILES string of the molecule is CC1(C)c2cc(OCc3nc4ccc(Cl)cc4[nH]3)ccc2N[C@@H]2c3ccccc3OC[C@@H]21. The first-order valence-corrected chi connectivity index (χ1v) is 11.3. The predicted octanol–water partition coefficient (Wildman–Crippen LogP) is 6.25. The molecule has 162 valence electrons. The summed E-state index contributed by atoms with van der Waals surface area (Å²) in [6.07, 6.45) is 0. The van der Waals surface area contributed by atoms with Gasteiger partial charge in [0.1, 0.15) is 23.9 Å². The zero-order valence-corrected chi connectivity index (χ0v) is 18.7. The van der Waals surface area contributed by atoms with Crippen LogP contribution in [0.4, 0.5) is 5.69 Å². The molecule has 2 aliphatic rings. The van der Waals surface area contributed by atoms with Crippen LogP contribution in [0.1, 0.15) is 36.8 Å². The minimum atomic E-state index is -0.0751. The van der Waals surface area contributed by atoms with Crippen LogP contribution >= 0.6 is 11.6 Å². The van der Waals surface area contributed by atoms with Gasteiger partial charge in [-0.1, -0.05) is 43.6 Å². The molecule has 3 aromatic carbocycles. The summed E-state index contributed by atoms with van der Waals surface area (Å²) in [5, 5.41) is 4.45. The highest BCUT2D eigenvalue weighted by molar-refractivity contribution is 6.31. The van der Waals surface area contributed by atoms with Gasteiger partial charge in [0.05, 0.1) is 23.7 Å². The van der Waals surface area contributed by atoms with Gasteiger partial charge in [-0.25, -0.2) is 4.98 Å². The number of para-hydroxylation sites is 1. The summed E-state index contributed by atoms with van der Waals surface area (Å²) in [4.78, 5) is 7.87. The third-order valence-electron chi connectivity index (χ3n) is 6.87. The number of hydrogen-bond acceptors (Lipinski definition) is 4. The lowest BCUT2D eigenvalue weighted by Gasteiger charge is -2.48. The molecule has 0 amide bonds. The summed E-state index contributed by atoms with van der Waals surface area (Å²) < 4.78 is 12.2. The van der Waals surface area contributed by atoms with Gasteiger partial charge < -0.3 is 19.8 Å². The van der Waals surface area contributed by atoms with Crippen molar-refractivity contribution in [3.8, 4) is 11.5 Å². The van der Waals surface area contributed by atoms with Crippen molar-refractivity contribution in [2.75, 3.05) is 11.9 Å². The Hall–Kier alpha value is -3.18. The van der Waals surface area contributed by atoms with E-state index in [1.54, 1.807) is 0 Å². The molecular formula is C26H24ClN3O2. The highest BCUT2D eigenvalue weighted by atomic mass is 35.5. The number of hydrogen-bond donors (Lipinski definition) is 2. The van der Waals surface area contributed by atoms with Gasteiger partial charge >= 0.3 is 0 Å². The molecule has 3 heterocycles. The Morgan fingerprint density at radius 1 is 1.12 bits per heavy atom. The number of anilines is 1. The molecule has 0 bridgehead atoms. The zero-order valence-electron chi connectivity index (χ0n) is 18.0. The summed E-state index contributed by atoms with van der Waals surface area (Å²) in [5.74, 6) is 2.90. The van der Waals surface area contributed by atoms with Crippen LogP contribution in [0, 0.1) is 5.92 Å². The number of H-pyrrole nitrogens is 1. The van der Waals surface area contributed by atoms with Gasteiger partial charge in [0, 0.05) is 27.6 Å². The van der Waals surface area contributed by atoms with Crippen molar-refractivity contribution in [2.45, 2.75) is 31.9 Å². The smallest absolute Gasteiger partial charge is 0.146 e. The lowest BCUT2D eigenvalue weighted by atomic mass is 9.65. The molecule has 4 aromatic rings. The molecule has 1 aromatic heterocycles. The maximum Gasteiger partial charge on any atom is 0.146 e. The van der Waals surface area contributed by atoms with Crippen LogP contribution in [0.3, 0.4) is 0 Å². The number of aromatic nitrogens is 2. The number of ether oxygens (including phenoxy) is 2. The summed E-state index contributed by atoms with van der Waals surface area (Å²) in [6.45, 7) is 5.65. The molecule has 6 rings (SSSR count). The van der Waals surface area contributed by atoms with Crippen molar-refractivity contribution in [1.29, 1.82) is 0 Å². The van der Waals surface area contributed by atoms with Gasteiger partial charge in [-0.3, -0.25) is 0 Å². The highest BCUT2D eigenvalue weighted by Gasteiger charge is 2.46. The van der Waals surface area contributed by atoms with Crippen LogP contribution in [0.2, 0.25) is 5.02 Å². The number of imidazole rings is 1. The van der Waals surface area contributed by atoms with Gasteiger partial charge in [-0.2, -0.15) is 0 Å². The molecule has 2 atom stereocenters. The molecular weight excluding hydrogens is 422 g/mol. The summed E-state index contributed by atoms with van der Waals surface area (Å²) >= 11 is 6.08. The molecule has 5 nitrogen and oxygen atoms in total. The van der Waals surface area contributed by atoms with Gasteiger partial charge in [-0.05, 0) is 48.0 Å². The van der Waals surface area contributed by atoms with E-state index < -0.39 is 0 Å². The third kappa shape index (κ3) is 3.11. The van der Waals surface area contributed by atoms with E-state index in [-0.39, 0.29) is 11.5 Å². The Balaban J connectivity index is 1.28. The number of benzene rings is 3. The molecule has 2 N–H and O–H groups in total. The van der Waals surface area contributed by atoms with E-state index in [9.17, 15) is 0 Å². The quantitative estimate of drug-likeness (QED) is 0.391. The Bertz CT molecular complexity index is 1330. The van der Waals surface area contributed by atoms with Gasteiger partial charge in [-0.15, -0.1) is 0 Å². The minimum absolute atomic E-state index is 0.0751. The number of aromatic amines is 1. The van der Waals surface area contributed by atoms with E-state index in [1.807, 2.05) is 30.3 Å².